The number of ketones is 2. The van der Waals surface area contributed by atoms with Gasteiger partial charge in [0.25, 0.3) is 0 Å². The highest BCUT2D eigenvalue weighted by Crippen LogP contribution is 2.31. The molecule has 2 aromatic carbocycles. The summed E-state index contributed by atoms with van der Waals surface area (Å²) >= 11 is 0. The van der Waals surface area contributed by atoms with E-state index in [1.54, 1.807) is 31.4 Å². The van der Waals surface area contributed by atoms with Crippen molar-refractivity contribution in [3.05, 3.63) is 64.7 Å². The van der Waals surface area contributed by atoms with Gasteiger partial charge in [0.1, 0.15) is 0 Å². The van der Waals surface area contributed by atoms with Crippen LogP contribution in [0.5, 0.6) is 0 Å². The number of nitrogens with zero attached hydrogens (tertiary/aromatic N) is 1. The number of carbonyl (C=O) groups is 2. The summed E-state index contributed by atoms with van der Waals surface area (Å²) in [6.45, 7) is 0.748. The number of hydrogen-bond acceptors (Lipinski definition) is 5. The summed E-state index contributed by atoms with van der Waals surface area (Å²) in [5, 5.41) is 0. The smallest absolute Gasteiger partial charge is 0.243 e. The highest BCUT2D eigenvalue weighted by Gasteiger charge is 2.37. The predicted molar refractivity (Wildman–Crippen MR) is 98.5 cm³/mol. The Balaban J connectivity index is 1.77. The number of hydrogen-bond donors (Lipinski definition) is 0. The summed E-state index contributed by atoms with van der Waals surface area (Å²) in [4.78, 5) is 25.6. The van der Waals surface area contributed by atoms with Crippen molar-refractivity contribution in [1.82, 2.24) is 4.31 Å². The maximum atomic E-state index is 13.1. The number of sulfonamides is 1. The molecule has 0 radical (unpaired) electrons. The summed E-state index contributed by atoms with van der Waals surface area (Å²) in [6.07, 6.45) is 1.51. The second-order valence-corrected chi connectivity index (χ2v) is 8.67. The van der Waals surface area contributed by atoms with Crippen molar-refractivity contribution in [2.24, 2.45) is 0 Å². The maximum absolute atomic E-state index is 13.1. The largest absolute Gasteiger partial charge is 0.383 e. The van der Waals surface area contributed by atoms with E-state index < -0.39 is 10.0 Å². The van der Waals surface area contributed by atoms with Crippen LogP contribution in [0, 0.1) is 0 Å². The van der Waals surface area contributed by atoms with Crippen LogP contribution in [0.15, 0.2) is 47.4 Å². The van der Waals surface area contributed by atoms with Gasteiger partial charge in [-0.15, -0.1) is 0 Å². The molecule has 4 rings (SSSR count). The topological polar surface area (TPSA) is 80.8 Å². The van der Waals surface area contributed by atoms with E-state index in [1.807, 2.05) is 0 Å². The Bertz CT molecular complexity index is 1040. The molecule has 1 aliphatic heterocycles. The Morgan fingerprint density at radius 3 is 2.30 bits per heavy atom. The van der Waals surface area contributed by atoms with Crippen LogP contribution >= 0.6 is 0 Å². The molecule has 7 heteroatoms. The second-order valence-electron chi connectivity index (χ2n) is 6.78. The lowest BCUT2D eigenvalue weighted by atomic mass is 9.84. The Morgan fingerprint density at radius 1 is 1.00 bits per heavy atom. The molecule has 2 aliphatic rings. The van der Waals surface area contributed by atoms with E-state index in [2.05, 4.69) is 0 Å². The van der Waals surface area contributed by atoms with Crippen LogP contribution in [-0.2, 0) is 14.8 Å². The quantitative estimate of drug-likeness (QED) is 0.688. The lowest BCUT2D eigenvalue weighted by molar-refractivity contribution is 0.0979. The SMILES string of the molecule is COC[C@@H]1CCCN1S(=O)(=O)c1ccc2c(c1)C(=O)c1ccccc1C2=O. The Labute approximate surface area is 157 Å². The van der Waals surface area contributed by atoms with Gasteiger partial charge >= 0.3 is 0 Å². The van der Waals surface area contributed by atoms with Crippen molar-refractivity contribution in [3.8, 4) is 0 Å². The molecule has 0 aromatic heterocycles. The number of methoxy groups -OCH3 is 1. The highest BCUT2D eigenvalue weighted by atomic mass is 32.2. The molecule has 1 atom stereocenters. The highest BCUT2D eigenvalue weighted by molar-refractivity contribution is 7.89. The van der Waals surface area contributed by atoms with E-state index in [4.69, 9.17) is 4.74 Å². The van der Waals surface area contributed by atoms with Crippen LogP contribution in [0.25, 0.3) is 0 Å². The van der Waals surface area contributed by atoms with Crippen LogP contribution in [0.3, 0.4) is 0 Å². The number of ether oxygens (including phenoxy) is 1. The van der Waals surface area contributed by atoms with Crippen molar-refractivity contribution in [1.29, 1.82) is 0 Å². The minimum atomic E-state index is -3.77. The molecule has 0 N–H and O–H groups in total. The van der Waals surface area contributed by atoms with Gasteiger partial charge in [0.2, 0.25) is 10.0 Å². The van der Waals surface area contributed by atoms with Crippen LogP contribution < -0.4 is 0 Å². The summed E-state index contributed by atoms with van der Waals surface area (Å²) in [6, 6.07) is 10.6. The Hall–Kier alpha value is -2.35. The maximum Gasteiger partial charge on any atom is 0.243 e. The van der Waals surface area contributed by atoms with E-state index in [0.29, 0.717) is 24.3 Å². The third kappa shape index (κ3) is 2.82. The third-order valence-corrected chi connectivity index (χ3v) is 7.13. The molecule has 140 valence electrons. The van der Waals surface area contributed by atoms with Gasteiger partial charge in [0.05, 0.1) is 11.5 Å². The van der Waals surface area contributed by atoms with E-state index in [0.717, 1.165) is 12.8 Å². The van der Waals surface area contributed by atoms with Gasteiger partial charge in [-0.05, 0) is 31.0 Å². The fraction of sp³-hybridized carbons (Fsp3) is 0.300. The Kier molecular flexibility index (Phi) is 4.46. The molecule has 6 nitrogen and oxygen atoms in total. The zero-order valence-corrected chi connectivity index (χ0v) is 15.7. The van der Waals surface area contributed by atoms with Crippen molar-refractivity contribution < 1.29 is 22.7 Å². The standard InChI is InChI=1S/C20H19NO5S/c1-26-12-13-5-4-10-21(13)27(24,25)14-8-9-17-18(11-14)20(23)16-7-3-2-6-15(16)19(17)22/h2-3,6-9,11,13H,4-5,10,12H2,1H3/t13-/m0/s1. The van der Waals surface area contributed by atoms with Gasteiger partial charge in [-0.2, -0.15) is 4.31 Å². The fourth-order valence-electron chi connectivity index (χ4n) is 3.86. The number of fused-ring (bicyclic) bond motifs is 2. The summed E-state index contributed by atoms with van der Waals surface area (Å²) < 4.78 is 32.8. The molecule has 1 aliphatic carbocycles. The molecule has 2 aromatic rings. The van der Waals surface area contributed by atoms with Gasteiger partial charge in [0.15, 0.2) is 11.6 Å². The van der Waals surface area contributed by atoms with E-state index >= 15 is 0 Å². The molecule has 0 saturated carbocycles. The molecule has 1 fully saturated rings. The molecule has 1 heterocycles. The first-order chi connectivity index (χ1) is 12.9. The van der Waals surface area contributed by atoms with Gasteiger partial charge in [-0.1, -0.05) is 24.3 Å². The van der Waals surface area contributed by atoms with Crippen molar-refractivity contribution in [3.63, 3.8) is 0 Å². The molecular weight excluding hydrogens is 366 g/mol. The van der Waals surface area contributed by atoms with E-state index in [-0.39, 0.29) is 33.6 Å². The minimum absolute atomic E-state index is 0.0322. The van der Waals surface area contributed by atoms with Gasteiger partial charge in [-0.25, -0.2) is 8.42 Å². The number of carbonyl (C=O) groups excluding carboxylic acids is 2. The van der Waals surface area contributed by atoms with Gasteiger partial charge in [0, 0.05) is 42.0 Å². The van der Waals surface area contributed by atoms with Crippen LogP contribution in [-0.4, -0.2) is 50.6 Å². The lowest BCUT2D eigenvalue weighted by Gasteiger charge is -2.24. The Morgan fingerprint density at radius 2 is 1.63 bits per heavy atom. The minimum Gasteiger partial charge on any atom is -0.383 e. The van der Waals surface area contributed by atoms with Gasteiger partial charge < -0.3 is 4.74 Å². The normalized spacial score (nSPS) is 19.8. The zero-order valence-electron chi connectivity index (χ0n) is 14.8. The zero-order chi connectivity index (χ0) is 19.2. The van der Waals surface area contributed by atoms with E-state index in [9.17, 15) is 18.0 Å². The average Bonchev–Trinajstić information content (AvgIpc) is 3.15. The summed E-state index contributed by atoms with van der Waals surface area (Å²) in [5.74, 6) is -0.588. The molecule has 0 amide bonds. The molecule has 1 saturated heterocycles. The first kappa shape index (κ1) is 18.0. The average molecular weight is 385 g/mol. The summed E-state index contributed by atoms with van der Waals surface area (Å²) in [5.41, 5.74) is 1.04. The van der Waals surface area contributed by atoms with Crippen LogP contribution in [0.1, 0.15) is 44.7 Å². The van der Waals surface area contributed by atoms with Crippen molar-refractivity contribution >= 4 is 21.6 Å². The molecular formula is C20H19NO5S. The first-order valence-electron chi connectivity index (χ1n) is 8.78. The van der Waals surface area contributed by atoms with Crippen molar-refractivity contribution in [2.45, 2.75) is 23.8 Å². The molecule has 0 spiro atoms. The predicted octanol–water partition coefficient (Wildman–Crippen LogP) is 2.26. The lowest BCUT2D eigenvalue weighted by Crippen LogP contribution is -2.38. The second kappa shape index (κ2) is 6.67. The molecule has 0 bridgehead atoms. The molecule has 27 heavy (non-hydrogen) atoms. The number of benzene rings is 2. The third-order valence-electron chi connectivity index (χ3n) is 5.19. The van der Waals surface area contributed by atoms with E-state index in [1.165, 1.54) is 22.5 Å². The van der Waals surface area contributed by atoms with Gasteiger partial charge in [-0.3, -0.25) is 9.59 Å². The van der Waals surface area contributed by atoms with Crippen molar-refractivity contribution in [2.75, 3.05) is 20.3 Å². The number of rotatable bonds is 4. The first-order valence-corrected chi connectivity index (χ1v) is 10.2. The fourth-order valence-corrected chi connectivity index (χ4v) is 5.56. The monoisotopic (exact) mass is 385 g/mol. The van der Waals surface area contributed by atoms with Crippen LogP contribution in [0.2, 0.25) is 0 Å². The van der Waals surface area contributed by atoms with Crippen LogP contribution in [0.4, 0.5) is 0 Å². The molecule has 0 unspecified atom stereocenters. The summed E-state index contributed by atoms with van der Waals surface area (Å²) in [7, 11) is -2.23.